The highest BCUT2D eigenvalue weighted by molar-refractivity contribution is 6.31. The van der Waals surface area contributed by atoms with E-state index in [1.54, 1.807) is 18.2 Å². The highest BCUT2D eigenvalue weighted by atomic mass is 35.5. The van der Waals surface area contributed by atoms with Gasteiger partial charge in [-0.2, -0.15) is 0 Å². The Hall–Kier alpha value is -2.20. The average molecular weight is 276 g/mol. The second-order valence-electron chi connectivity index (χ2n) is 4.11. The first-order chi connectivity index (χ1) is 9.08. The van der Waals surface area contributed by atoms with Crippen LogP contribution in [0.15, 0.2) is 42.5 Å². The highest BCUT2D eigenvalue weighted by Crippen LogP contribution is 2.21. The van der Waals surface area contributed by atoms with Crippen molar-refractivity contribution in [3.63, 3.8) is 0 Å². The Morgan fingerprint density at radius 1 is 1.21 bits per heavy atom. The van der Waals surface area contributed by atoms with Crippen LogP contribution in [0.3, 0.4) is 0 Å². The molecule has 0 fully saturated rings. The summed E-state index contributed by atoms with van der Waals surface area (Å²) in [5, 5.41) is 3.81. The molecule has 98 valence electrons. The number of carbonyl (C=O) groups excluding carboxylic acids is 1. The van der Waals surface area contributed by atoms with Crippen molar-refractivity contribution >= 4 is 28.9 Å². The van der Waals surface area contributed by atoms with Gasteiger partial charge in [0.25, 0.3) is 5.91 Å². The van der Waals surface area contributed by atoms with Gasteiger partial charge in [0.1, 0.15) is 0 Å². The summed E-state index contributed by atoms with van der Waals surface area (Å²) in [5.41, 5.74) is 13.4. The zero-order valence-corrected chi connectivity index (χ0v) is 10.9. The molecule has 0 saturated carbocycles. The lowest BCUT2D eigenvalue weighted by Crippen LogP contribution is -2.15. The number of rotatable bonds is 4. The molecule has 2 rings (SSSR count). The third-order valence-corrected chi connectivity index (χ3v) is 3.10. The van der Waals surface area contributed by atoms with Gasteiger partial charge in [0.2, 0.25) is 0 Å². The number of benzene rings is 2. The van der Waals surface area contributed by atoms with E-state index >= 15 is 0 Å². The Morgan fingerprint density at radius 2 is 1.95 bits per heavy atom. The van der Waals surface area contributed by atoms with Crippen molar-refractivity contribution in [3.8, 4) is 0 Å². The summed E-state index contributed by atoms with van der Waals surface area (Å²) in [7, 11) is 0. The number of anilines is 2. The third-order valence-electron chi connectivity index (χ3n) is 2.74. The van der Waals surface area contributed by atoms with Gasteiger partial charge < -0.3 is 16.8 Å². The molecule has 0 heterocycles. The van der Waals surface area contributed by atoms with Gasteiger partial charge in [0.15, 0.2) is 0 Å². The summed E-state index contributed by atoms with van der Waals surface area (Å²) >= 11 is 6.07. The van der Waals surface area contributed by atoms with Crippen molar-refractivity contribution in [2.24, 2.45) is 5.73 Å². The predicted molar refractivity (Wildman–Crippen MR) is 78.2 cm³/mol. The molecule has 0 aliphatic heterocycles. The molecule has 1 amide bonds. The SMILES string of the molecule is NC(=O)c1cc(N)ccc1NCc1ccccc1Cl. The number of carbonyl (C=O) groups is 1. The molecule has 0 aliphatic rings. The van der Waals surface area contributed by atoms with Crippen LogP contribution in [-0.4, -0.2) is 5.91 Å². The molecular formula is C14H14ClN3O. The van der Waals surface area contributed by atoms with Gasteiger partial charge in [-0.3, -0.25) is 4.79 Å². The van der Waals surface area contributed by atoms with Gasteiger partial charge in [-0.1, -0.05) is 29.8 Å². The van der Waals surface area contributed by atoms with Crippen molar-refractivity contribution in [2.75, 3.05) is 11.1 Å². The maximum absolute atomic E-state index is 11.4. The molecule has 19 heavy (non-hydrogen) atoms. The van der Waals surface area contributed by atoms with Crippen LogP contribution in [0.2, 0.25) is 5.02 Å². The minimum atomic E-state index is -0.519. The number of nitrogens with two attached hydrogens (primary N) is 2. The van der Waals surface area contributed by atoms with Crippen LogP contribution in [0, 0.1) is 0 Å². The number of halogens is 1. The third kappa shape index (κ3) is 3.17. The van der Waals surface area contributed by atoms with E-state index < -0.39 is 5.91 Å². The van der Waals surface area contributed by atoms with Crippen molar-refractivity contribution in [3.05, 3.63) is 58.6 Å². The van der Waals surface area contributed by atoms with Gasteiger partial charge >= 0.3 is 0 Å². The number of primary amides is 1. The smallest absolute Gasteiger partial charge is 0.250 e. The van der Waals surface area contributed by atoms with Crippen molar-refractivity contribution in [1.82, 2.24) is 0 Å². The first-order valence-corrected chi connectivity index (χ1v) is 6.12. The molecule has 5 N–H and O–H groups in total. The maximum Gasteiger partial charge on any atom is 0.250 e. The molecule has 2 aromatic carbocycles. The second kappa shape index (κ2) is 5.63. The number of nitrogens with one attached hydrogen (secondary N) is 1. The molecule has 0 bridgehead atoms. The second-order valence-corrected chi connectivity index (χ2v) is 4.52. The number of hydrogen-bond donors (Lipinski definition) is 3. The Morgan fingerprint density at radius 3 is 2.63 bits per heavy atom. The Bertz CT molecular complexity index is 613. The van der Waals surface area contributed by atoms with Crippen LogP contribution in [0.1, 0.15) is 15.9 Å². The number of amides is 1. The fourth-order valence-electron chi connectivity index (χ4n) is 1.75. The Balaban J connectivity index is 2.20. The van der Waals surface area contributed by atoms with E-state index in [9.17, 15) is 4.79 Å². The number of hydrogen-bond acceptors (Lipinski definition) is 3. The van der Waals surface area contributed by atoms with E-state index in [0.717, 1.165) is 5.56 Å². The van der Waals surface area contributed by atoms with Crippen LogP contribution in [0.25, 0.3) is 0 Å². The summed E-state index contributed by atoms with van der Waals surface area (Å²) in [6.45, 7) is 0.504. The van der Waals surface area contributed by atoms with Gasteiger partial charge in [-0.25, -0.2) is 0 Å². The average Bonchev–Trinajstić information content (AvgIpc) is 2.38. The van der Waals surface area contributed by atoms with Crippen molar-refractivity contribution in [1.29, 1.82) is 0 Å². The van der Waals surface area contributed by atoms with Crippen LogP contribution in [0.4, 0.5) is 11.4 Å². The quantitative estimate of drug-likeness (QED) is 0.750. The molecule has 0 atom stereocenters. The summed E-state index contributed by atoms with van der Waals surface area (Å²) in [5.74, 6) is -0.519. The Kier molecular flexibility index (Phi) is 3.92. The summed E-state index contributed by atoms with van der Waals surface area (Å²) in [6.07, 6.45) is 0. The molecule has 2 aromatic rings. The van der Waals surface area contributed by atoms with Gasteiger partial charge in [-0.05, 0) is 29.8 Å². The molecule has 0 aliphatic carbocycles. The molecule has 0 aromatic heterocycles. The first-order valence-electron chi connectivity index (χ1n) is 5.74. The van der Waals surface area contributed by atoms with E-state index in [-0.39, 0.29) is 0 Å². The fourth-order valence-corrected chi connectivity index (χ4v) is 1.95. The molecular weight excluding hydrogens is 262 g/mol. The molecule has 0 radical (unpaired) electrons. The molecule has 0 saturated heterocycles. The maximum atomic E-state index is 11.4. The van der Waals surface area contributed by atoms with E-state index in [1.165, 1.54) is 0 Å². The molecule has 0 spiro atoms. The monoisotopic (exact) mass is 275 g/mol. The van der Waals surface area contributed by atoms with Crippen LogP contribution in [-0.2, 0) is 6.54 Å². The standard InChI is InChI=1S/C14H14ClN3O/c15-12-4-2-1-3-9(12)8-18-13-6-5-10(16)7-11(13)14(17)19/h1-7,18H,8,16H2,(H2,17,19). The summed E-state index contributed by atoms with van der Waals surface area (Å²) < 4.78 is 0. The van der Waals surface area contributed by atoms with Gasteiger partial charge in [0, 0.05) is 22.9 Å². The summed E-state index contributed by atoms with van der Waals surface area (Å²) in [6, 6.07) is 12.5. The normalized spacial score (nSPS) is 10.2. The van der Waals surface area contributed by atoms with Crippen LogP contribution in [0.5, 0.6) is 0 Å². The highest BCUT2D eigenvalue weighted by Gasteiger charge is 2.08. The molecule has 0 unspecified atom stereocenters. The van der Waals surface area contributed by atoms with Gasteiger partial charge in [-0.15, -0.1) is 0 Å². The summed E-state index contributed by atoms with van der Waals surface area (Å²) in [4.78, 5) is 11.4. The van der Waals surface area contributed by atoms with Crippen LogP contribution >= 0.6 is 11.6 Å². The van der Waals surface area contributed by atoms with Crippen molar-refractivity contribution in [2.45, 2.75) is 6.54 Å². The molecule has 5 heteroatoms. The predicted octanol–water partition coefficient (Wildman–Crippen LogP) is 2.63. The zero-order valence-electron chi connectivity index (χ0n) is 10.2. The topological polar surface area (TPSA) is 81.1 Å². The first kappa shape index (κ1) is 13.2. The lowest BCUT2D eigenvalue weighted by Gasteiger charge is -2.11. The minimum Gasteiger partial charge on any atom is -0.399 e. The largest absolute Gasteiger partial charge is 0.399 e. The van der Waals surface area contributed by atoms with E-state index in [4.69, 9.17) is 23.1 Å². The zero-order chi connectivity index (χ0) is 13.8. The van der Waals surface area contributed by atoms with Crippen LogP contribution < -0.4 is 16.8 Å². The molecule has 4 nitrogen and oxygen atoms in total. The van der Waals surface area contributed by atoms with Crippen molar-refractivity contribution < 1.29 is 4.79 Å². The minimum absolute atomic E-state index is 0.368. The number of nitrogen functional groups attached to an aromatic ring is 1. The Labute approximate surface area is 116 Å². The fraction of sp³-hybridized carbons (Fsp3) is 0.0714. The lowest BCUT2D eigenvalue weighted by atomic mass is 10.1. The van der Waals surface area contributed by atoms with E-state index in [0.29, 0.717) is 28.5 Å². The lowest BCUT2D eigenvalue weighted by molar-refractivity contribution is 0.100. The van der Waals surface area contributed by atoms with E-state index in [2.05, 4.69) is 5.32 Å². The van der Waals surface area contributed by atoms with E-state index in [1.807, 2.05) is 24.3 Å². The van der Waals surface area contributed by atoms with Gasteiger partial charge in [0.05, 0.1) is 5.56 Å².